The summed E-state index contributed by atoms with van der Waals surface area (Å²) >= 11 is 0. The fourth-order valence-corrected chi connectivity index (χ4v) is 1.18. The Morgan fingerprint density at radius 1 is 1.59 bits per heavy atom. The largest absolute Gasteiger partial charge is 0.505 e. The maximum Gasteiger partial charge on any atom is 0.296 e. The van der Waals surface area contributed by atoms with E-state index in [0.29, 0.717) is 6.61 Å². The van der Waals surface area contributed by atoms with Crippen molar-refractivity contribution in [2.75, 3.05) is 18.5 Å². The Morgan fingerprint density at radius 2 is 2.29 bits per heavy atom. The first kappa shape index (κ1) is 12.9. The lowest BCUT2D eigenvalue weighted by Crippen LogP contribution is -2.19. The molecular formula is C10H12N2O5. The molecule has 0 saturated carbocycles. The van der Waals surface area contributed by atoms with Crippen molar-refractivity contribution in [3.63, 3.8) is 0 Å². The molecule has 0 aromatic heterocycles. The standard InChI is InChI=1S/C10H12N2O5/c1-2-17-6-9(14)11-10-7(12(15)16)4-3-5-8(10)13/h3-5,13H,2,6H2,1H3,(H,11,14). The molecule has 1 rings (SSSR count). The Morgan fingerprint density at radius 3 is 2.88 bits per heavy atom. The molecule has 0 radical (unpaired) electrons. The maximum absolute atomic E-state index is 11.3. The first-order valence-electron chi connectivity index (χ1n) is 4.90. The highest BCUT2D eigenvalue weighted by atomic mass is 16.6. The predicted octanol–water partition coefficient (Wildman–Crippen LogP) is 1.28. The highest BCUT2D eigenvalue weighted by Gasteiger charge is 2.19. The summed E-state index contributed by atoms with van der Waals surface area (Å²) in [5, 5.41) is 22.4. The van der Waals surface area contributed by atoms with E-state index in [9.17, 15) is 20.0 Å². The van der Waals surface area contributed by atoms with E-state index in [-0.39, 0.29) is 23.7 Å². The van der Waals surface area contributed by atoms with Gasteiger partial charge in [0.25, 0.3) is 11.6 Å². The topological polar surface area (TPSA) is 102 Å². The van der Waals surface area contributed by atoms with E-state index in [0.717, 1.165) is 0 Å². The van der Waals surface area contributed by atoms with Crippen molar-refractivity contribution in [1.82, 2.24) is 0 Å². The second-order valence-corrected chi connectivity index (χ2v) is 3.11. The third-order valence-corrected chi connectivity index (χ3v) is 1.92. The first-order valence-corrected chi connectivity index (χ1v) is 4.90. The van der Waals surface area contributed by atoms with Gasteiger partial charge < -0.3 is 15.2 Å². The summed E-state index contributed by atoms with van der Waals surface area (Å²) in [5.41, 5.74) is -0.586. The molecular weight excluding hydrogens is 228 g/mol. The van der Waals surface area contributed by atoms with E-state index in [2.05, 4.69) is 5.32 Å². The van der Waals surface area contributed by atoms with E-state index in [1.54, 1.807) is 6.92 Å². The molecule has 0 bridgehead atoms. The lowest BCUT2D eigenvalue weighted by atomic mass is 10.2. The monoisotopic (exact) mass is 240 g/mol. The molecule has 7 nitrogen and oxygen atoms in total. The summed E-state index contributed by atoms with van der Waals surface area (Å²) < 4.78 is 4.84. The fraction of sp³-hybridized carbons (Fsp3) is 0.300. The van der Waals surface area contributed by atoms with E-state index in [1.807, 2.05) is 0 Å². The van der Waals surface area contributed by atoms with Gasteiger partial charge in [-0.1, -0.05) is 6.07 Å². The quantitative estimate of drug-likeness (QED) is 0.458. The number of ether oxygens (including phenoxy) is 1. The van der Waals surface area contributed by atoms with Crippen LogP contribution in [0, 0.1) is 10.1 Å². The van der Waals surface area contributed by atoms with Gasteiger partial charge in [0.05, 0.1) is 4.92 Å². The van der Waals surface area contributed by atoms with Gasteiger partial charge in [0, 0.05) is 12.7 Å². The number of nitrogens with zero attached hydrogens (tertiary/aromatic N) is 1. The van der Waals surface area contributed by atoms with Crippen LogP contribution in [0.15, 0.2) is 18.2 Å². The van der Waals surface area contributed by atoms with Crippen LogP contribution in [0.1, 0.15) is 6.92 Å². The lowest BCUT2D eigenvalue weighted by molar-refractivity contribution is -0.384. The van der Waals surface area contributed by atoms with Crippen LogP contribution in [0.4, 0.5) is 11.4 Å². The molecule has 0 heterocycles. The molecule has 1 aromatic rings. The molecule has 92 valence electrons. The number of benzene rings is 1. The van der Waals surface area contributed by atoms with Crippen molar-refractivity contribution < 1.29 is 19.6 Å². The average Bonchev–Trinajstić information content (AvgIpc) is 2.28. The number of nitro benzene ring substituents is 1. The molecule has 0 aliphatic heterocycles. The number of hydrogen-bond acceptors (Lipinski definition) is 5. The van der Waals surface area contributed by atoms with Crippen molar-refractivity contribution in [2.24, 2.45) is 0 Å². The van der Waals surface area contributed by atoms with E-state index in [1.165, 1.54) is 18.2 Å². The second kappa shape index (κ2) is 5.80. The van der Waals surface area contributed by atoms with Crippen LogP contribution < -0.4 is 5.32 Å². The number of phenolic OH excluding ortho intramolecular Hbond substituents is 1. The van der Waals surface area contributed by atoms with Crippen LogP contribution in [0.2, 0.25) is 0 Å². The van der Waals surface area contributed by atoms with Crippen LogP contribution in [-0.4, -0.2) is 29.2 Å². The summed E-state index contributed by atoms with van der Waals surface area (Å²) in [6.45, 7) is 1.86. The van der Waals surface area contributed by atoms with Crippen molar-refractivity contribution in [1.29, 1.82) is 0 Å². The van der Waals surface area contributed by atoms with E-state index in [4.69, 9.17) is 4.74 Å². The van der Waals surface area contributed by atoms with Crippen molar-refractivity contribution in [3.8, 4) is 5.75 Å². The van der Waals surface area contributed by atoms with Gasteiger partial charge in [-0.05, 0) is 13.0 Å². The Bertz CT molecular complexity index is 433. The van der Waals surface area contributed by atoms with Crippen LogP contribution in [0.3, 0.4) is 0 Å². The Labute approximate surface area is 97.2 Å². The molecule has 0 fully saturated rings. The average molecular weight is 240 g/mol. The van der Waals surface area contributed by atoms with Gasteiger partial charge >= 0.3 is 0 Å². The van der Waals surface area contributed by atoms with Gasteiger partial charge in [0.15, 0.2) is 5.69 Å². The number of nitrogens with one attached hydrogen (secondary N) is 1. The Kier molecular flexibility index (Phi) is 4.41. The molecule has 0 atom stereocenters. The van der Waals surface area contributed by atoms with Crippen LogP contribution in [0.25, 0.3) is 0 Å². The minimum Gasteiger partial charge on any atom is -0.505 e. The normalized spacial score (nSPS) is 9.94. The van der Waals surface area contributed by atoms with Gasteiger partial charge in [-0.15, -0.1) is 0 Å². The van der Waals surface area contributed by atoms with Crippen LogP contribution in [-0.2, 0) is 9.53 Å². The number of nitro groups is 1. The maximum atomic E-state index is 11.3. The summed E-state index contributed by atoms with van der Waals surface area (Å²) in [5.74, 6) is -0.916. The van der Waals surface area contributed by atoms with Crippen molar-refractivity contribution >= 4 is 17.3 Å². The van der Waals surface area contributed by atoms with Crippen LogP contribution >= 0.6 is 0 Å². The summed E-state index contributed by atoms with van der Waals surface area (Å²) in [6, 6.07) is 3.77. The molecule has 2 N–H and O–H groups in total. The Balaban J connectivity index is 2.89. The zero-order valence-electron chi connectivity index (χ0n) is 9.17. The number of hydrogen-bond donors (Lipinski definition) is 2. The molecule has 0 spiro atoms. The van der Waals surface area contributed by atoms with Gasteiger partial charge in [-0.2, -0.15) is 0 Å². The summed E-state index contributed by atoms with van der Waals surface area (Å²) in [6.07, 6.45) is 0. The highest BCUT2D eigenvalue weighted by molar-refractivity contribution is 5.95. The third-order valence-electron chi connectivity index (χ3n) is 1.92. The second-order valence-electron chi connectivity index (χ2n) is 3.11. The Hall–Kier alpha value is -2.15. The molecule has 0 aliphatic carbocycles. The van der Waals surface area contributed by atoms with Gasteiger partial charge in [-0.25, -0.2) is 0 Å². The molecule has 0 saturated heterocycles. The molecule has 0 unspecified atom stereocenters. The number of anilines is 1. The first-order chi connectivity index (χ1) is 8.06. The SMILES string of the molecule is CCOCC(=O)Nc1c(O)cccc1[N+](=O)[O-]. The smallest absolute Gasteiger partial charge is 0.296 e. The number of carbonyl (C=O) groups is 1. The van der Waals surface area contributed by atoms with E-state index < -0.39 is 10.8 Å². The van der Waals surface area contributed by atoms with Crippen LogP contribution in [0.5, 0.6) is 5.75 Å². The van der Waals surface area contributed by atoms with E-state index >= 15 is 0 Å². The number of para-hydroxylation sites is 1. The lowest BCUT2D eigenvalue weighted by Gasteiger charge is -2.07. The number of phenols is 1. The molecule has 1 aromatic carbocycles. The molecule has 1 amide bonds. The van der Waals surface area contributed by atoms with Crippen molar-refractivity contribution in [3.05, 3.63) is 28.3 Å². The number of amides is 1. The molecule has 17 heavy (non-hydrogen) atoms. The van der Waals surface area contributed by atoms with Gasteiger partial charge in [0.1, 0.15) is 12.4 Å². The minimum atomic E-state index is -0.685. The number of aromatic hydroxyl groups is 1. The van der Waals surface area contributed by atoms with Gasteiger partial charge in [-0.3, -0.25) is 14.9 Å². The minimum absolute atomic E-state index is 0.220. The van der Waals surface area contributed by atoms with Gasteiger partial charge in [0.2, 0.25) is 0 Å². The summed E-state index contributed by atoms with van der Waals surface area (Å²) in [4.78, 5) is 21.3. The van der Waals surface area contributed by atoms with Crippen molar-refractivity contribution in [2.45, 2.75) is 6.92 Å². The highest BCUT2D eigenvalue weighted by Crippen LogP contribution is 2.32. The summed E-state index contributed by atoms with van der Waals surface area (Å²) in [7, 11) is 0. The number of rotatable bonds is 5. The zero-order chi connectivity index (χ0) is 12.8. The predicted molar refractivity (Wildman–Crippen MR) is 59.9 cm³/mol. The number of carbonyl (C=O) groups excluding carboxylic acids is 1. The molecule has 7 heteroatoms. The molecule has 0 aliphatic rings. The third kappa shape index (κ3) is 3.42. The fourth-order valence-electron chi connectivity index (χ4n) is 1.18. The zero-order valence-corrected chi connectivity index (χ0v) is 9.17.